The topological polar surface area (TPSA) is 263 Å². The molecule has 0 fully saturated rings. The fourth-order valence-electron chi connectivity index (χ4n) is 5.08. The van der Waals surface area contributed by atoms with Crippen molar-refractivity contribution in [1.82, 2.24) is 15.0 Å². The molecule has 0 radical (unpaired) electrons. The standard InChI is InChI=1S/C33H25ClN8O9S3/c1-18-15-28(41-42-29-17-22(53(46,47)48)9-13-30(29)54(49,50)51)19(2)14-27(18)40-39-26-12-11-25(23-10-8-21(16-24(23)26)52(43,44)45)35-33-37-31(36-32(34)38-33)20-6-4-3-5-7-20/h3-17H,1-2H3,(H,43,44,45)(H,46,47,48)(H,49,50,51)(H,35,36,37,38). The second-order valence-electron chi connectivity index (χ2n) is 11.5. The van der Waals surface area contributed by atoms with Gasteiger partial charge in [-0.25, -0.2) is 0 Å². The molecule has 54 heavy (non-hydrogen) atoms. The Kier molecular flexibility index (Phi) is 10.4. The zero-order chi connectivity index (χ0) is 39.0. The fraction of sp³-hybridized carbons (Fsp3) is 0.0606. The Bertz CT molecular complexity index is 2880. The van der Waals surface area contributed by atoms with Crippen LogP contribution >= 0.6 is 11.6 Å². The number of aryl methyl sites for hydroxylation is 2. The van der Waals surface area contributed by atoms with Crippen LogP contribution in [0, 0.1) is 13.8 Å². The van der Waals surface area contributed by atoms with Gasteiger partial charge >= 0.3 is 0 Å². The van der Waals surface area contributed by atoms with Crippen LogP contribution < -0.4 is 5.32 Å². The molecule has 17 nitrogen and oxygen atoms in total. The van der Waals surface area contributed by atoms with Crippen molar-refractivity contribution in [2.45, 2.75) is 28.5 Å². The Morgan fingerprint density at radius 1 is 0.574 bits per heavy atom. The molecule has 0 unspecified atom stereocenters. The van der Waals surface area contributed by atoms with Gasteiger partial charge in [0.2, 0.25) is 11.2 Å². The maximum absolute atomic E-state index is 12.1. The lowest BCUT2D eigenvalue weighted by atomic mass is 10.1. The molecular formula is C33H25ClN8O9S3. The van der Waals surface area contributed by atoms with Gasteiger partial charge in [-0.3, -0.25) is 13.7 Å². The Morgan fingerprint density at radius 2 is 1.15 bits per heavy atom. The number of hydrogen-bond acceptors (Lipinski definition) is 14. The first-order chi connectivity index (χ1) is 25.4. The molecule has 6 rings (SSSR count). The maximum Gasteiger partial charge on any atom is 0.296 e. The minimum Gasteiger partial charge on any atom is -0.323 e. The summed E-state index contributed by atoms with van der Waals surface area (Å²) in [5.41, 5.74) is 2.37. The minimum absolute atomic E-state index is 0.0675. The van der Waals surface area contributed by atoms with E-state index in [4.69, 9.17) is 11.6 Å². The van der Waals surface area contributed by atoms with Crippen molar-refractivity contribution >= 4 is 87.1 Å². The fourth-order valence-corrected chi connectivity index (χ4v) is 6.85. The van der Waals surface area contributed by atoms with Gasteiger partial charge in [0.05, 0.1) is 26.9 Å². The number of nitrogens with zero attached hydrogens (tertiary/aromatic N) is 7. The molecule has 0 bridgehead atoms. The van der Waals surface area contributed by atoms with Gasteiger partial charge in [0.25, 0.3) is 30.4 Å². The molecule has 5 aromatic carbocycles. The number of aromatic nitrogens is 3. The monoisotopic (exact) mass is 808 g/mol. The Hall–Kier alpha value is -5.61. The third kappa shape index (κ3) is 8.60. The van der Waals surface area contributed by atoms with Crippen molar-refractivity contribution in [2.75, 3.05) is 5.32 Å². The lowest BCUT2D eigenvalue weighted by molar-refractivity contribution is 0.478. The van der Waals surface area contributed by atoms with Crippen LogP contribution in [0.2, 0.25) is 5.28 Å². The van der Waals surface area contributed by atoms with Crippen LogP contribution in [0.15, 0.2) is 126 Å². The summed E-state index contributed by atoms with van der Waals surface area (Å²) in [4.78, 5) is 11.0. The van der Waals surface area contributed by atoms with Crippen molar-refractivity contribution in [1.29, 1.82) is 0 Å². The van der Waals surface area contributed by atoms with Crippen molar-refractivity contribution in [2.24, 2.45) is 20.5 Å². The van der Waals surface area contributed by atoms with Crippen LogP contribution in [0.1, 0.15) is 11.1 Å². The highest BCUT2D eigenvalue weighted by molar-refractivity contribution is 7.86. The highest BCUT2D eigenvalue weighted by Gasteiger charge is 2.20. The lowest BCUT2D eigenvalue weighted by Crippen LogP contribution is -2.02. The number of halogens is 1. The van der Waals surface area contributed by atoms with E-state index < -0.39 is 45.8 Å². The van der Waals surface area contributed by atoms with Crippen LogP contribution in [0.5, 0.6) is 0 Å². The van der Waals surface area contributed by atoms with Crippen molar-refractivity contribution in [3.05, 3.63) is 107 Å². The summed E-state index contributed by atoms with van der Waals surface area (Å²) in [7, 11) is -14.2. The zero-order valence-corrected chi connectivity index (χ0v) is 30.9. The average Bonchev–Trinajstić information content (AvgIpc) is 3.10. The van der Waals surface area contributed by atoms with Crippen molar-refractivity contribution < 1.29 is 38.9 Å². The molecule has 0 atom stereocenters. The Balaban J connectivity index is 1.36. The van der Waals surface area contributed by atoms with E-state index in [0.717, 1.165) is 18.2 Å². The number of azo groups is 2. The second-order valence-corrected chi connectivity index (χ2v) is 16.0. The number of fused-ring (bicyclic) bond motifs is 1. The van der Waals surface area contributed by atoms with E-state index in [-0.39, 0.29) is 32.9 Å². The third-order valence-corrected chi connectivity index (χ3v) is 10.5. The van der Waals surface area contributed by atoms with E-state index in [9.17, 15) is 38.9 Å². The summed E-state index contributed by atoms with van der Waals surface area (Å²) in [5.74, 6) is 0.418. The summed E-state index contributed by atoms with van der Waals surface area (Å²) in [5, 5.41) is 20.3. The predicted octanol–water partition coefficient (Wildman–Crippen LogP) is 8.28. The molecule has 0 aliphatic rings. The summed E-state index contributed by atoms with van der Waals surface area (Å²) < 4.78 is 99.9. The van der Waals surface area contributed by atoms with Gasteiger partial charge < -0.3 is 5.32 Å². The molecule has 1 aromatic heterocycles. The van der Waals surface area contributed by atoms with Crippen molar-refractivity contribution in [3.8, 4) is 11.4 Å². The molecule has 0 amide bonds. The van der Waals surface area contributed by atoms with E-state index in [0.29, 0.717) is 39.3 Å². The molecule has 0 saturated carbocycles. The second kappa shape index (κ2) is 14.7. The Labute approximate surface area is 312 Å². The molecule has 0 aliphatic heterocycles. The van der Waals surface area contributed by atoms with Gasteiger partial charge in [0.1, 0.15) is 10.6 Å². The molecule has 276 valence electrons. The number of rotatable bonds is 10. The largest absolute Gasteiger partial charge is 0.323 e. The molecule has 4 N–H and O–H groups in total. The first kappa shape index (κ1) is 38.1. The molecule has 1 heterocycles. The van der Waals surface area contributed by atoms with Gasteiger partial charge in [0.15, 0.2) is 5.82 Å². The van der Waals surface area contributed by atoms with Crippen LogP contribution in [-0.2, 0) is 30.4 Å². The van der Waals surface area contributed by atoms with Gasteiger partial charge in [-0.05, 0) is 91.2 Å². The summed E-state index contributed by atoms with van der Waals surface area (Å²) in [6.45, 7) is 3.30. The van der Waals surface area contributed by atoms with E-state index in [1.165, 1.54) is 24.3 Å². The highest BCUT2D eigenvalue weighted by atomic mass is 35.5. The summed E-state index contributed by atoms with van der Waals surface area (Å²) in [6, 6.07) is 21.6. The van der Waals surface area contributed by atoms with Crippen LogP contribution in [0.25, 0.3) is 22.2 Å². The first-order valence-corrected chi connectivity index (χ1v) is 19.9. The van der Waals surface area contributed by atoms with Gasteiger partial charge in [-0.15, -0.1) is 10.2 Å². The van der Waals surface area contributed by atoms with E-state index in [1.807, 2.05) is 18.2 Å². The van der Waals surface area contributed by atoms with Crippen LogP contribution in [-0.4, -0.2) is 53.9 Å². The van der Waals surface area contributed by atoms with Crippen LogP contribution in [0.3, 0.4) is 0 Å². The van der Waals surface area contributed by atoms with Gasteiger partial charge in [0, 0.05) is 22.0 Å². The quantitative estimate of drug-likeness (QED) is 0.0750. The van der Waals surface area contributed by atoms with Gasteiger partial charge in [-0.1, -0.05) is 36.4 Å². The summed E-state index contributed by atoms with van der Waals surface area (Å²) in [6.07, 6.45) is 0. The van der Waals surface area contributed by atoms with Crippen LogP contribution in [0.4, 0.5) is 34.4 Å². The van der Waals surface area contributed by atoms with E-state index in [1.54, 1.807) is 44.2 Å². The van der Waals surface area contributed by atoms with E-state index in [2.05, 4.69) is 40.7 Å². The minimum atomic E-state index is -4.84. The van der Waals surface area contributed by atoms with E-state index >= 15 is 0 Å². The lowest BCUT2D eigenvalue weighted by Gasteiger charge is -2.12. The smallest absolute Gasteiger partial charge is 0.296 e. The highest BCUT2D eigenvalue weighted by Crippen LogP contribution is 2.38. The number of nitrogens with one attached hydrogen (secondary N) is 1. The molecule has 0 saturated heterocycles. The molecule has 0 aliphatic carbocycles. The maximum atomic E-state index is 12.1. The normalized spacial score (nSPS) is 12.6. The summed E-state index contributed by atoms with van der Waals surface area (Å²) >= 11 is 6.21. The number of anilines is 2. The third-order valence-electron chi connectivity index (χ3n) is 7.70. The molecule has 21 heteroatoms. The molecular weight excluding hydrogens is 784 g/mol. The zero-order valence-electron chi connectivity index (χ0n) is 27.7. The first-order valence-electron chi connectivity index (χ1n) is 15.2. The van der Waals surface area contributed by atoms with Gasteiger partial charge in [-0.2, -0.15) is 50.4 Å². The SMILES string of the molecule is Cc1cc(N=Nc2ccc(Nc3nc(Cl)nc(-c4ccccc4)n3)c3ccc(S(=O)(=O)O)cc23)c(C)cc1N=Nc1cc(S(=O)(=O)O)ccc1S(=O)(=O)O. The molecule has 6 aromatic rings. The number of benzene rings is 5. The predicted molar refractivity (Wildman–Crippen MR) is 198 cm³/mol. The van der Waals surface area contributed by atoms with Crippen molar-refractivity contribution in [3.63, 3.8) is 0 Å². The number of hydrogen-bond donors (Lipinski definition) is 4. The molecule has 0 spiro atoms. The Morgan fingerprint density at radius 3 is 1.76 bits per heavy atom. The average molecular weight is 809 g/mol.